The van der Waals surface area contributed by atoms with E-state index in [1.807, 2.05) is 31.8 Å². The van der Waals surface area contributed by atoms with Gasteiger partial charge in [0.15, 0.2) is 5.96 Å². The number of aliphatic imine (C=N–C) groups is 1. The number of halogens is 1. The summed E-state index contributed by atoms with van der Waals surface area (Å²) >= 11 is 0. The summed E-state index contributed by atoms with van der Waals surface area (Å²) in [6.07, 6.45) is 6.17. The number of nitrogens with one attached hydrogen (secondary N) is 2. The zero-order valence-electron chi connectivity index (χ0n) is 17.7. The number of benzene rings is 1. The number of rotatable bonds is 9. The van der Waals surface area contributed by atoms with Gasteiger partial charge in [0.2, 0.25) is 0 Å². The van der Waals surface area contributed by atoms with Gasteiger partial charge >= 0.3 is 0 Å². The fourth-order valence-corrected chi connectivity index (χ4v) is 2.76. The summed E-state index contributed by atoms with van der Waals surface area (Å²) in [4.78, 5) is 4.73. The van der Waals surface area contributed by atoms with Crippen LogP contribution in [0.3, 0.4) is 0 Å². The summed E-state index contributed by atoms with van der Waals surface area (Å²) in [6, 6.07) is 6.29. The quantitative estimate of drug-likeness (QED) is 0.238. The maximum absolute atomic E-state index is 5.95. The fraction of sp³-hybridized carbons (Fsp3) is 0.524. The topological polar surface area (TPSA) is 63.5 Å². The molecule has 0 saturated heterocycles. The largest absolute Gasteiger partial charge is 0.491 e. The highest BCUT2D eigenvalue weighted by atomic mass is 127. The van der Waals surface area contributed by atoms with Crippen molar-refractivity contribution in [1.82, 2.24) is 20.4 Å². The summed E-state index contributed by atoms with van der Waals surface area (Å²) in [5.41, 5.74) is 3.55. The molecule has 1 heterocycles. The van der Waals surface area contributed by atoms with Crippen LogP contribution in [0.1, 0.15) is 43.9 Å². The lowest BCUT2D eigenvalue weighted by Crippen LogP contribution is -2.37. The lowest BCUT2D eigenvalue weighted by atomic mass is 10.1. The molecule has 0 radical (unpaired) electrons. The van der Waals surface area contributed by atoms with Crippen molar-refractivity contribution >= 4 is 29.9 Å². The highest BCUT2D eigenvalue weighted by molar-refractivity contribution is 14.0. The zero-order valence-corrected chi connectivity index (χ0v) is 20.0. The molecule has 2 N–H and O–H groups in total. The Morgan fingerprint density at radius 3 is 2.71 bits per heavy atom. The second-order valence-electron chi connectivity index (χ2n) is 7.03. The van der Waals surface area contributed by atoms with Crippen LogP contribution in [0.5, 0.6) is 5.75 Å². The molecule has 2 aromatic rings. The van der Waals surface area contributed by atoms with Gasteiger partial charge in [0.25, 0.3) is 0 Å². The van der Waals surface area contributed by atoms with Crippen LogP contribution in [0.2, 0.25) is 0 Å². The molecule has 28 heavy (non-hydrogen) atoms. The summed E-state index contributed by atoms with van der Waals surface area (Å²) in [7, 11) is 1.94. The van der Waals surface area contributed by atoms with E-state index in [0.717, 1.165) is 43.2 Å². The molecule has 0 saturated carbocycles. The Labute approximate surface area is 186 Å². The van der Waals surface area contributed by atoms with Crippen molar-refractivity contribution in [2.75, 3.05) is 13.1 Å². The first kappa shape index (κ1) is 24.3. The molecule has 0 aliphatic carbocycles. The molecule has 0 aliphatic heterocycles. The molecule has 0 bridgehead atoms. The Bertz CT molecular complexity index is 742. The summed E-state index contributed by atoms with van der Waals surface area (Å²) in [6.45, 7) is 10.5. The van der Waals surface area contributed by atoms with Gasteiger partial charge in [-0.15, -0.1) is 24.0 Å². The SMILES string of the molecule is CCNC(=NCc1ccc(C)cc1OC(C)C)NCCCc1cnn(C)c1.I. The first-order chi connectivity index (χ1) is 13.0. The fourth-order valence-electron chi connectivity index (χ4n) is 2.76. The highest BCUT2D eigenvalue weighted by Crippen LogP contribution is 2.22. The molecule has 0 amide bonds. The van der Waals surface area contributed by atoms with E-state index in [2.05, 4.69) is 54.0 Å². The summed E-state index contributed by atoms with van der Waals surface area (Å²) in [5, 5.41) is 10.9. The molecular weight excluding hydrogens is 465 g/mol. The van der Waals surface area contributed by atoms with Crippen LogP contribution in [0.25, 0.3) is 0 Å². The van der Waals surface area contributed by atoms with E-state index in [9.17, 15) is 0 Å². The molecule has 156 valence electrons. The van der Waals surface area contributed by atoms with Crippen LogP contribution in [0.4, 0.5) is 0 Å². The van der Waals surface area contributed by atoms with Crippen LogP contribution in [-0.4, -0.2) is 34.9 Å². The third kappa shape index (κ3) is 8.50. The Balaban J connectivity index is 0.00000392. The van der Waals surface area contributed by atoms with Crippen molar-refractivity contribution in [3.63, 3.8) is 0 Å². The van der Waals surface area contributed by atoms with Crippen LogP contribution in [-0.2, 0) is 20.0 Å². The van der Waals surface area contributed by atoms with Gasteiger partial charge < -0.3 is 15.4 Å². The van der Waals surface area contributed by atoms with Crippen molar-refractivity contribution in [1.29, 1.82) is 0 Å². The van der Waals surface area contributed by atoms with Gasteiger partial charge in [0, 0.05) is 31.9 Å². The van der Waals surface area contributed by atoms with E-state index in [1.54, 1.807) is 0 Å². The maximum Gasteiger partial charge on any atom is 0.191 e. The van der Waals surface area contributed by atoms with Crippen molar-refractivity contribution in [2.45, 2.75) is 53.2 Å². The Hall–Kier alpha value is -1.77. The number of ether oxygens (including phenoxy) is 1. The molecule has 0 atom stereocenters. The third-order valence-electron chi connectivity index (χ3n) is 4.03. The van der Waals surface area contributed by atoms with Crippen LogP contribution >= 0.6 is 24.0 Å². The maximum atomic E-state index is 5.95. The molecule has 0 unspecified atom stereocenters. The molecule has 1 aromatic carbocycles. The van der Waals surface area contributed by atoms with Gasteiger partial charge in [-0.25, -0.2) is 4.99 Å². The molecular formula is C21H34IN5O. The number of hydrogen-bond acceptors (Lipinski definition) is 3. The van der Waals surface area contributed by atoms with Gasteiger partial charge in [0.1, 0.15) is 5.75 Å². The minimum atomic E-state index is 0. The van der Waals surface area contributed by atoms with E-state index in [-0.39, 0.29) is 30.1 Å². The Kier molecular flexibility index (Phi) is 11.0. The molecule has 0 fully saturated rings. The lowest BCUT2D eigenvalue weighted by Gasteiger charge is -2.15. The minimum Gasteiger partial charge on any atom is -0.491 e. The average molecular weight is 499 g/mol. The number of hydrogen-bond donors (Lipinski definition) is 2. The van der Waals surface area contributed by atoms with Gasteiger partial charge in [-0.05, 0) is 57.7 Å². The number of aryl methyl sites for hydroxylation is 3. The zero-order chi connectivity index (χ0) is 19.6. The monoisotopic (exact) mass is 499 g/mol. The van der Waals surface area contributed by atoms with E-state index in [0.29, 0.717) is 6.54 Å². The van der Waals surface area contributed by atoms with Gasteiger partial charge in [0.05, 0.1) is 18.8 Å². The van der Waals surface area contributed by atoms with E-state index >= 15 is 0 Å². The molecule has 1 aromatic heterocycles. The molecule has 2 rings (SSSR count). The average Bonchev–Trinajstić information content (AvgIpc) is 3.02. The Morgan fingerprint density at radius 1 is 1.29 bits per heavy atom. The van der Waals surface area contributed by atoms with Crippen molar-refractivity contribution < 1.29 is 4.74 Å². The van der Waals surface area contributed by atoms with Crippen LogP contribution < -0.4 is 15.4 Å². The third-order valence-corrected chi connectivity index (χ3v) is 4.03. The van der Waals surface area contributed by atoms with Gasteiger partial charge in [-0.3, -0.25) is 4.68 Å². The molecule has 0 spiro atoms. The van der Waals surface area contributed by atoms with E-state index in [1.165, 1.54) is 11.1 Å². The molecule has 0 aliphatic rings. The summed E-state index contributed by atoms with van der Waals surface area (Å²) < 4.78 is 7.79. The normalized spacial score (nSPS) is 11.3. The summed E-state index contributed by atoms with van der Waals surface area (Å²) in [5.74, 6) is 1.75. The predicted molar refractivity (Wildman–Crippen MR) is 127 cm³/mol. The number of aromatic nitrogens is 2. The Morgan fingerprint density at radius 2 is 2.07 bits per heavy atom. The molecule has 6 nitrogen and oxygen atoms in total. The van der Waals surface area contributed by atoms with Crippen LogP contribution in [0, 0.1) is 6.92 Å². The number of nitrogens with zero attached hydrogens (tertiary/aromatic N) is 3. The van der Waals surface area contributed by atoms with Crippen molar-refractivity contribution in [3.8, 4) is 5.75 Å². The van der Waals surface area contributed by atoms with Gasteiger partial charge in [-0.2, -0.15) is 5.10 Å². The highest BCUT2D eigenvalue weighted by Gasteiger charge is 2.07. The number of guanidine groups is 1. The second-order valence-corrected chi connectivity index (χ2v) is 7.03. The second kappa shape index (κ2) is 12.6. The van der Waals surface area contributed by atoms with E-state index in [4.69, 9.17) is 9.73 Å². The minimum absolute atomic E-state index is 0. The van der Waals surface area contributed by atoms with Crippen LogP contribution in [0.15, 0.2) is 35.6 Å². The van der Waals surface area contributed by atoms with Crippen molar-refractivity contribution in [3.05, 3.63) is 47.3 Å². The van der Waals surface area contributed by atoms with E-state index < -0.39 is 0 Å². The smallest absolute Gasteiger partial charge is 0.191 e. The molecule has 7 heteroatoms. The first-order valence-corrected chi connectivity index (χ1v) is 9.73. The van der Waals surface area contributed by atoms with Gasteiger partial charge in [-0.1, -0.05) is 12.1 Å². The first-order valence-electron chi connectivity index (χ1n) is 9.73. The standard InChI is InChI=1S/C21H33N5O.HI/c1-6-22-21(23-11-7-8-18-13-25-26(5)15-18)24-14-19-10-9-17(4)12-20(19)27-16(2)3;/h9-10,12-13,15-16H,6-8,11,14H2,1-5H3,(H2,22,23,24);1H. The predicted octanol–water partition coefficient (Wildman–Crippen LogP) is 3.82. The van der Waals surface area contributed by atoms with Crippen molar-refractivity contribution in [2.24, 2.45) is 12.0 Å². The lowest BCUT2D eigenvalue weighted by molar-refractivity contribution is 0.240.